The normalized spacial score (nSPS) is 10.5. The predicted octanol–water partition coefficient (Wildman–Crippen LogP) is 5.00. The lowest BCUT2D eigenvalue weighted by Gasteiger charge is -2.10. The molecule has 0 saturated heterocycles. The van der Waals surface area contributed by atoms with E-state index in [1.807, 2.05) is 43.3 Å². The fourth-order valence-corrected chi connectivity index (χ4v) is 2.84. The largest absolute Gasteiger partial charge is 0.495 e. The molecular formula is C25H24N2O4. The van der Waals surface area contributed by atoms with Gasteiger partial charge in [0.1, 0.15) is 11.5 Å². The van der Waals surface area contributed by atoms with Crippen LogP contribution in [-0.2, 0) is 4.79 Å². The number of para-hydroxylation sites is 2. The molecule has 0 unspecified atom stereocenters. The summed E-state index contributed by atoms with van der Waals surface area (Å²) in [6, 6.07) is 21.3. The van der Waals surface area contributed by atoms with Crippen LogP contribution in [0.5, 0.6) is 11.5 Å². The number of rotatable bonds is 8. The molecule has 158 valence electrons. The van der Waals surface area contributed by atoms with E-state index in [1.54, 1.807) is 49.6 Å². The molecule has 6 nitrogen and oxygen atoms in total. The van der Waals surface area contributed by atoms with E-state index in [-0.39, 0.29) is 11.8 Å². The number of carbonyl (C=O) groups is 2. The molecule has 6 heteroatoms. The highest BCUT2D eigenvalue weighted by atomic mass is 16.5. The van der Waals surface area contributed by atoms with Gasteiger partial charge in [-0.1, -0.05) is 24.3 Å². The standard InChI is InChI=1S/C25H24N2O4/c1-3-31-21-15-8-18(9-16-21)10-17-24(28)26-20-13-11-19(12-14-20)25(29)27-22-6-4-5-7-23(22)30-2/h4-17H,3H2,1-2H3,(H,26,28)(H,27,29)/b17-10+. The maximum absolute atomic E-state index is 12.5. The van der Waals surface area contributed by atoms with E-state index in [9.17, 15) is 9.59 Å². The number of amides is 2. The second-order valence-electron chi connectivity index (χ2n) is 6.56. The van der Waals surface area contributed by atoms with Crippen LogP contribution in [0.3, 0.4) is 0 Å². The topological polar surface area (TPSA) is 76.7 Å². The summed E-state index contributed by atoms with van der Waals surface area (Å²) in [5.74, 6) is 0.843. The molecule has 2 N–H and O–H groups in total. The third-order valence-electron chi connectivity index (χ3n) is 4.39. The Hall–Kier alpha value is -4.06. The zero-order valence-corrected chi connectivity index (χ0v) is 17.4. The van der Waals surface area contributed by atoms with Crippen LogP contribution in [0.2, 0.25) is 0 Å². The first kappa shape index (κ1) is 21.6. The minimum atomic E-state index is -0.266. The Morgan fingerprint density at radius 3 is 2.29 bits per heavy atom. The summed E-state index contributed by atoms with van der Waals surface area (Å²) < 4.78 is 10.6. The van der Waals surface area contributed by atoms with Gasteiger partial charge in [-0.05, 0) is 67.1 Å². The highest BCUT2D eigenvalue weighted by molar-refractivity contribution is 6.06. The van der Waals surface area contributed by atoms with Crippen LogP contribution in [0, 0.1) is 0 Å². The molecule has 0 spiro atoms. The number of nitrogens with one attached hydrogen (secondary N) is 2. The zero-order valence-electron chi connectivity index (χ0n) is 17.4. The quantitative estimate of drug-likeness (QED) is 0.507. The molecule has 3 aromatic carbocycles. The Morgan fingerprint density at radius 2 is 1.61 bits per heavy atom. The van der Waals surface area contributed by atoms with Gasteiger partial charge in [-0.2, -0.15) is 0 Å². The molecule has 0 aliphatic rings. The zero-order chi connectivity index (χ0) is 22.1. The van der Waals surface area contributed by atoms with Crippen molar-refractivity contribution in [3.63, 3.8) is 0 Å². The maximum atomic E-state index is 12.5. The summed E-state index contributed by atoms with van der Waals surface area (Å²) in [5.41, 5.74) is 2.54. The average molecular weight is 416 g/mol. The van der Waals surface area contributed by atoms with E-state index < -0.39 is 0 Å². The molecule has 0 aliphatic carbocycles. The summed E-state index contributed by atoms with van der Waals surface area (Å²) in [5, 5.41) is 5.59. The summed E-state index contributed by atoms with van der Waals surface area (Å²) >= 11 is 0. The van der Waals surface area contributed by atoms with Crippen molar-refractivity contribution in [2.24, 2.45) is 0 Å². The molecule has 31 heavy (non-hydrogen) atoms. The average Bonchev–Trinajstić information content (AvgIpc) is 2.79. The van der Waals surface area contributed by atoms with Crippen LogP contribution < -0.4 is 20.1 Å². The smallest absolute Gasteiger partial charge is 0.255 e. The van der Waals surface area contributed by atoms with Gasteiger partial charge in [0.15, 0.2) is 0 Å². The molecular weight excluding hydrogens is 392 g/mol. The molecule has 3 rings (SSSR count). The first-order valence-corrected chi connectivity index (χ1v) is 9.85. The molecule has 0 aromatic heterocycles. The number of hydrogen-bond donors (Lipinski definition) is 2. The molecule has 0 bridgehead atoms. The Labute approximate surface area is 181 Å². The Kier molecular flexibility index (Phi) is 7.43. The fraction of sp³-hybridized carbons (Fsp3) is 0.120. The summed E-state index contributed by atoms with van der Waals surface area (Å²) in [4.78, 5) is 24.6. The van der Waals surface area contributed by atoms with Gasteiger partial charge in [0.05, 0.1) is 19.4 Å². The Bertz CT molecular complexity index is 1060. The number of benzene rings is 3. The van der Waals surface area contributed by atoms with E-state index in [2.05, 4.69) is 10.6 Å². The minimum Gasteiger partial charge on any atom is -0.495 e. The number of anilines is 2. The fourth-order valence-electron chi connectivity index (χ4n) is 2.84. The van der Waals surface area contributed by atoms with E-state index in [4.69, 9.17) is 9.47 Å². The van der Waals surface area contributed by atoms with Crippen molar-refractivity contribution in [2.45, 2.75) is 6.92 Å². The summed E-state index contributed by atoms with van der Waals surface area (Å²) in [6.45, 7) is 2.54. The molecule has 0 aliphatic heterocycles. The second kappa shape index (κ2) is 10.6. The molecule has 2 amide bonds. The van der Waals surface area contributed by atoms with Crippen LogP contribution in [0.4, 0.5) is 11.4 Å². The molecule has 0 radical (unpaired) electrons. The van der Waals surface area contributed by atoms with Crippen LogP contribution in [0.15, 0.2) is 78.9 Å². The molecule has 3 aromatic rings. The first-order valence-electron chi connectivity index (χ1n) is 9.85. The van der Waals surface area contributed by atoms with Crippen molar-refractivity contribution in [3.05, 3.63) is 90.0 Å². The summed E-state index contributed by atoms with van der Waals surface area (Å²) in [7, 11) is 1.55. The first-order chi connectivity index (χ1) is 15.1. The van der Waals surface area contributed by atoms with Crippen molar-refractivity contribution in [1.82, 2.24) is 0 Å². The van der Waals surface area contributed by atoms with E-state index >= 15 is 0 Å². The van der Waals surface area contributed by atoms with Crippen molar-refractivity contribution in [2.75, 3.05) is 24.4 Å². The van der Waals surface area contributed by atoms with Crippen molar-refractivity contribution < 1.29 is 19.1 Å². The SMILES string of the molecule is CCOc1ccc(/C=C/C(=O)Nc2ccc(C(=O)Nc3ccccc3OC)cc2)cc1. The van der Waals surface area contributed by atoms with Crippen molar-refractivity contribution in [1.29, 1.82) is 0 Å². The Balaban J connectivity index is 1.57. The van der Waals surface area contributed by atoms with Gasteiger partial charge in [0, 0.05) is 17.3 Å². The van der Waals surface area contributed by atoms with Gasteiger partial charge in [-0.25, -0.2) is 0 Å². The van der Waals surface area contributed by atoms with Crippen LogP contribution in [0.1, 0.15) is 22.8 Å². The lowest BCUT2D eigenvalue weighted by atomic mass is 10.1. The van der Waals surface area contributed by atoms with Gasteiger partial charge in [-0.15, -0.1) is 0 Å². The molecule has 0 heterocycles. The highest BCUT2D eigenvalue weighted by Gasteiger charge is 2.09. The number of methoxy groups -OCH3 is 1. The molecule has 0 atom stereocenters. The maximum Gasteiger partial charge on any atom is 0.255 e. The second-order valence-corrected chi connectivity index (χ2v) is 6.56. The van der Waals surface area contributed by atoms with Gasteiger partial charge < -0.3 is 20.1 Å². The van der Waals surface area contributed by atoms with Crippen LogP contribution in [0.25, 0.3) is 6.08 Å². The summed E-state index contributed by atoms with van der Waals surface area (Å²) in [6.07, 6.45) is 3.18. The van der Waals surface area contributed by atoms with E-state index in [0.29, 0.717) is 29.3 Å². The monoisotopic (exact) mass is 416 g/mol. The Morgan fingerprint density at radius 1 is 0.903 bits per heavy atom. The van der Waals surface area contributed by atoms with Crippen molar-refractivity contribution in [3.8, 4) is 11.5 Å². The third kappa shape index (κ3) is 6.21. The lowest BCUT2D eigenvalue weighted by Crippen LogP contribution is -2.13. The third-order valence-corrected chi connectivity index (χ3v) is 4.39. The lowest BCUT2D eigenvalue weighted by molar-refractivity contribution is -0.111. The number of ether oxygens (including phenoxy) is 2. The van der Waals surface area contributed by atoms with Crippen LogP contribution >= 0.6 is 0 Å². The number of carbonyl (C=O) groups excluding carboxylic acids is 2. The van der Waals surface area contributed by atoms with E-state index in [1.165, 1.54) is 6.08 Å². The number of hydrogen-bond acceptors (Lipinski definition) is 4. The highest BCUT2D eigenvalue weighted by Crippen LogP contribution is 2.24. The predicted molar refractivity (Wildman–Crippen MR) is 123 cm³/mol. The van der Waals surface area contributed by atoms with Gasteiger partial charge >= 0.3 is 0 Å². The van der Waals surface area contributed by atoms with Crippen LogP contribution in [-0.4, -0.2) is 25.5 Å². The molecule has 0 fully saturated rings. The van der Waals surface area contributed by atoms with Gasteiger partial charge in [0.2, 0.25) is 5.91 Å². The van der Waals surface area contributed by atoms with E-state index in [0.717, 1.165) is 11.3 Å². The van der Waals surface area contributed by atoms with Gasteiger partial charge in [0.25, 0.3) is 5.91 Å². The molecule has 0 saturated carbocycles. The minimum absolute atomic E-state index is 0.264. The van der Waals surface area contributed by atoms with Crippen molar-refractivity contribution >= 4 is 29.3 Å². The van der Waals surface area contributed by atoms with Gasteiger partial charge in [-0.3, -0.25) is 9.59 Å².